The molecule has 1 N–H and O–H groups in total. The number of hydrogen-bond donors (Lipinski definition) is 1. The summed E-state index contributed by atoms with van der Waals surface area (Å²) in [4.78, 5) is 0. The maximum Gasteiger partial charge on any atom is 0.284 e. The van der Waals surface area contributed by atoms with Gasteiger partial charge in [0.25, 0.3) is 7.37 Å². The van der Waals surface area contributed by atoms with Crippen LogP contribution in [0.15, 0.2) is 78.9 Å². The van der Waals surface area contributed by atoms with Crippen molar-refractivity contribution in [2.75, 3.05) is 0 Å². The SMILES string of the molecule is Cc1cccc(C(C)P(=O)(Oc2ccccc2)c2ccccc2)c1O. The van der Waals surface area contributed by atoms with Gasteiger partial charge in [-0.1, -0.05) is 54.6 Å². The topological polar surface area (TPSA) is 46.5 Å². The molecule has 4 heteroatoms. The Bertz CT molecular complexity index is 892. The smallest absolute Gasteiger partial charge is 0.284 e. The highest BCUT2D eigenvalue weighted by Crippen LogP contribution is 2.59. The molecule has 128 valence electrons. The number of benzene rings is 3. The Morgan fingerprint density at radius 2 is 1.48 bits per heavy atom. The van der Waals surface area contributed by atoms with Crippen molar-refractivity contribution in [3.63, 3.8) is 0 Å². The third-order valence-electron chi connectivity index (χ3n) is 4.33. The van der Waals surface area contributed by atoms with Gasteiger partial charge >= 0.3 is 0 Å². The molecule has 0 saturated heterocycles. The molecule has 0 radical (unpaired) electrons. The zero-order chi connectivity index (χ0) is 17.9. The van der Waals surface area contributed by atoms with Gasteiger partial charge in [0.1, 0.15) is 11.5 Å². The van der Waals surface area contributed by atoms with Crippen LogP contribution in [0, 0.1) is 6.92 Å². The van der Waals surface area contributed by atoms with Crippen LogP contribution in [0.25, 0.3) is 0 Å². The number of phenolic OH excluding ortho intramolecular Hbond substituents is 1. The summed E-state index contributed by atoms with van der Waals surface area (Å²) in [6.45, 7) is 3.67. The standard InChI is InChI=1S/C21H21O3P/c1-16-10-9-15-20(21(16)22)17(2)25(23,19-13-7-4-8-14-19)24-18-11-5-3-6-12-18/h3-15,17,22H,1-2H3. The zero-order valence-corrected chi connectivity index (χ0v) is 15.2. The van der Waals surface area contributed by atoms with Crippen LogP contribution in [0.1, 0.15) is 23.7 Å². The summed E-state index contributed by atoms with van der Waals surface area (Å²) in [6.07, 6.45) is 0. The second-order valence-corrected chi connectivity index (χ2v) is 8.69. The molecule has 3 rings (SSSR count). The van der Waals surface area contributed by atoms with Crippen LogP contribution in [0.5, 0.6) is 11.5 Å². The molecule has 0 amide bonds. The predicted molar refractivity (Wildman–Crippen MR) is 102 cm³/mol. The summed E-state index contributed by atoms with van der Waals surface area (Å²) in [6, 6.07) is 23.8. The quantitative estimate of drug-likeness (QED) is 0.622. The summed E-state index contributed by atoms with van der Waals surface area (Å²) >= 11 is 0. The predicted octanol–water partition coefficient (Wildman–Crippen LogP) is 5.44. The lowest BCUT2D eigenvalue weighted by Crippen LogP contribution is -2.15. The molecule has 3 nitrogen and oxygen atoms in total. The summed E-state index contributed by atoms with van der Waals surface area (Å²) < 4.78 is 20.1. The van der Waals surface area contributed by atoms with E-state index in [-0.39, 0.29) is 5.75 Å². The van der Waals surface area contributed by atoms with Crippen molar-refractivity contribution in [2.24, 2.45) is 0 Å². The van der Waals surface area contributed by atoms with Crippen molar-refractivity contribution in [3.8, 4) is 11.5 Å². The number of phenols is 1. The van der Waals surface area contributed by atoms with Gasteiger partial charge in [-0.05, 0) is 43.7 Å². The van der Waals surface area contributed by atoms with Crippen LogP contribution in [-0.4, -0.2) is 5.11 Å². The molecular weight excluding hydrogens is 331 g/mol. The molecule has 2 atom stereocenters. The van der Waals surface area contributed by atoms with Crippen LogP contribution in [0.4, 0.5) is 0 Å². The Hall–Kier alpha value is -2.51. The summed E-state index contributed by atoms with van der Waals surface area (Å²) in [7, 11) is -3.31. The summed E-state index contributed by atoms with van der Waals surface area (Å²) in [5.41, 5.74) is 0.891. The van der Waals surface area contributed by atoms with Gasteiger partial charge in [-0.2, -0.15) is 0 Å². The highest BCUT2D eigenvalue weighted by atomic mass is 31.2. The van der Waals surface area contributed by atoms with E-state index in [4.69, 9.17) is 4.52 Å². The molecule has 0 bridgehead atoms. The minimum Gasteiger partial charge on any atom is -0.507 e. The van der Waals surface area contributed by atoms with E-state index in [9.17, 15) is 9.67 Å². The maximum absolute atomic E-state index is 14.0. The minimum atomic E-state index is -3.31. The van der Waals surface area contributed by atoms with Gasteiger partial charge < -0.3 is 9.63 Å². The van der Waals surface area contributed by atoms with Crippen molar-refractivity contribution in [3.05, 3.63) is 90.0 Å². The van der Waals surface area contributed by atoms with Gasteiger partial charge in [0, 0.05) is 10.9 Å². The number of rotatable bonds is 5. The fourth-order valence-electron chi connectivity index (χ4n) is 2.83. The minimum absolute atomic E-state index is 0.169. The molecule has 0 aliphatic heterocycles. The largest absolute Gasteiger partial charge is 0.507 e. The Morgan fingerprint density at radius 1 is 0.880 bits per heavy atom. The van der Waals surface area contributed by atoms with E-state index in [0.29, 0.717) is 16.6 Å². The Morgan fingerprint density at radius 3 is 2.12 bits per heavy atom. The molecule has 25 heavy (non-hydrogen) atoms. The van der Waals surface area contributed by atoms with Crippen molar-refractivity contribution >= 4 is 12.7 Å². The molecule has 0 saturated carbocycles. The Kier molecular flexibility index (Phi) is 4.96. The normalized spacial score (nSPS) is 14.5. The highest BCUT2D eigenvalue weighted by Gasteiger charge is 2.37. The summed E-state index contributed by atoms with van der Waals surface area (Å²) in [5, 5.41) is 11.1. The van der Waals surface area contributed by atoms with Crippen LogP contribution in [-0.2, 0) is 4.57 Å². The van der Waals surface area contributed by atoms with E-state index in [1.165, 1.54) is 0 Å². The monoisotopic (exact) mass is 352 g/mol. The molecular formula is C21H21O3P. The molecule has 0 spiro atoms. The second-order valence-electron chi connectivity index (χ2n) is 6.03. The van der Waals surface area contributed by atoms with E-state index < -0.39 is 13.0 Å². The van der Waals surface area contributed by atoms with Gasteiger partial charge in [-0.25, -0.2) is 0 Å². The number of aromatic hydroxyl groups is 1. The molecule has 0 aliphatic carbocycles. The first-order valence-electron chi connectivity index (χ1n) is 8.21. The Balaban J connectivity index is 2.11. The van der Waals surface area contributed by atoms with Crippen molar-refractivity contribution in [1.82, 2.24) is 0 Å². The van der Waals surface area contributed by atoms with Crippen molar-refractivity contribution in [2.45, 2.75) is 19.5 Å². The number of hydrogen-bond acceptors (Lipinski definition) is 3. The first kappa shape index (κ1) is 17.3. The van der Waals surface area contributed by atoms with Crippen molar-refractivity contribution < 1.29 is 14.2 Å². The van der Waals surface area contributed by atoms with Crippen LogP contribution < -0.4 is 9.83 Å². The lowest BCUT2D eigenvalue weighted by molar-refractivity contribution is 0.455. The van der Waals surface area contributed by atoms with E-state index in [0.717, 1.165) is 5.56 Å². The Labute approximate surface area is 148 Å². The maximum atomic E-state index is 14.0. The first-order chi connectivity index (χ1) is 12.0. The highest BCUT2D eigenvalue weighted by molar-refractivity contribution is 7.67. The van der Waals surface area contributed by atoms with Crippen LogP contribution in [0.3, 0.4) is 0 Å². The third kappa shape index (κ3) is 3.47. The van der Waals surface area contributed by atoms with Crippen molar-refractivity contribution in [1.29, 1.82) is 0 Å². The van der Waals surface area contributed by atoms with Crippen LogP contribution in [0.2, 0.25) is 0 Å². The van der Waals surface area contributed by atoms with E-state index in [1.807, 2.05) is 74.5 Å². The fourth-order valence-corrected chi connectivity index (χ4v) is 5.14. The fraction of sp³-hybridized carbons (Fsp3) is 0.143. The molecule has 0 aliphatic rings. The number of para-hydroxylation sites is 2. The van der Waals surface area contributed by atoms with Gasteiger partial charge in [0.2, 0.25) is 0 Å². The van der Waals surface area contributed by atoms with Crippen LogP contribution >= 0.6 is 7.37 Å². The second kappa shape index (κ2) is 7.16. The van der Waals surface area contributed by atoms with Gasteiger partial charge in [0.15, 0.2) is 0 Å². The van der Waals surface area contributed by atoms with E-state index in [1.54, 1.807) is 18.2 Å². The lowest BCUT2D eigenvalue weighted by Gasteiger charge is -2.27. The van der Waals surface area contributed by atoms with Gasteiger partial charge in [0.05, 0.1) is 5.66 Å². The average Bonchev–Trinajstić information content (AvgIpc) is 2.65. The van der Waals surface area contributed by atoms with Gasteiger partial charge in [-0.15, -0.1) is 0 Å². The molecule has 3 aromatic rings. The van der Waals surface area contributed by atoms with Gasteiger partial charge in [-0.3, -0.25) is 4.57 Å². The average molecular weight is 352 g/mol. The molecule has 2 unspecified atom stereocenters. The first-order valence-corrected chi connectivity index (χ1v) is 9.90. The van der Waals surface area contributed by atoms with E-state index in [2.05, 4.69) is 0 Å². The zero-order valence-electron chi connectivity index (χ0n) is 14.3. The molecule has 0 aromatic heterocycles. The third-order valence-corrected chi connectivity index (χ3v) is 7.13. The molecule has 3 aromatic carbocycles. The molecule has 0 fully saturated rings. The lowest BCUT2D eigenvalue weighted by atomic mass is 10.1. The van der Waals surface area contributed by atoms with E-state index >= 15 is 0 Å². The number of aryl methyl sites for hydroxylation is 1. The molecule has 0 heterocycles. The summed E-state index contributed by atoms with van der Waals surface area (Å²) in [5.74, 6) is 0.719.